The number of aliphatic hydroxyl groups excluding tert-OH is 1. The maximum atomic E-state index is 11.3. The van der Waals surface area contributed by atoms with E-state index < -0.39 is 0 Å². The van der Waals surface area contributed by atoms with Crippen LogP contribution in [0.5, 0.6) is 0 Å². The van der Waals surface area contributed by atoms with Crippen LogP contribution in [0.2, 0.25) is 0 Å². The fourth-order valence-electron chi connectivity index (χ4n) is 2.44. The van der Waals surface area contributed by atoms with Gasteiger partial charge in [-0.1, -0.05) is 6.07 Å². The normalized spacial score (nSPS) is 16.5. The zero-order valence-electron chi connectivity index (χ0n) is 14.6. The molecule has 7 nitrogen and oxygen atoms in total. The third-order valence-electron chi connectivity index (χ3n) is 3.77. The lowest BCUT2D eigenvalue weighted by molar-refractivity contribution is -0.868. The zero-order chi connectivity index (χ0) is 18.0. The highest BCUT2D eigenvalue weighted by Crippen LogP contribution is 2.30. The number of ketones is 1. The number of hydrogen-bond donors (Lipinski definition) is 2. The summed E-state index contributed by atoms with van der Waals surface area (Å²) in [5.74, 6) is 0.253. The molecule has 0 saturated heterocycles. The van der Waals surface area contributed by atoms with Crippen LogP contribution in [0.25, 0.3) is 5.52 Å². The van der Waals surface area contributed by atoms with Gasteiger partial charge in [-0.05, 0) is 24.3 Å². The Kier molecular flexibility index (Phi) is 4.41. The molecule has 0 radical (unpaired) electrons. The van der Waals surface area contributed by atoms with Crippen molar-refractivity contribution in [1.29, 1.82) is 0 Å². The molecule has 3 rings (SSSR count). The monoisotopic (exact) mass is 340 g/mol. The molecule has 130 valence electrons. The highest BCUT2D eigenvalue weighted by molar-refractivity contribution is 6.19. The molecule has 7 heteroatoms. The average Bonchev–Trinajstić information content (AvgIpc) is 2.87. The van der Waals surface area contributed by atoms with Crippen LogP contribution in [-0.2, 0) is 4.79 Å². The molecule has 2 aromatic rings. The number of pyridine rings is 1. The SMILES string of the molecule is C[N+](C)(C)CCNc1nn2ccccc2c1/N=C1\C=CC(=O)C=C1O. The summed E-state index contributed by atoms with van der Waals surface area (Å²) >= 11 is 0. The fourth-order valence-corrected chi connectivity index (χ4v) is 2.44. The van der Waals surface area contributed by atoms with Gasteiger partial charge in [-0.25, -0.2) is 9.51 Å². The van der Waals surface area contributed by atoms with E-state index >= 15 is 0 Å². The number of aliphatic imine (C=N–C) groups is 1. The Balaban J connectivity index is 1.98. The second-order valence-corrected chi connectivity index (χ2v) is 6.93. The Bertz CT molecular complexity index is 900. The molecule has 2 heterocycles. The number of nitrogens with zero attached hydrogens (tertiary/aromatic N) is 4. The van der Waals surface area contributed by atoms with Crippen molar-refractivity contribution in [1.82, 2.24) is 9.61 Å². The van der Waals surface area contributed by atoms with Crippen LogP contribution in [0, 0.1) is 0 Å². The molecule has 0 saturated carbocycles. The van der Waals surface area contributed by atoms with E-state index in [0.717, 1.165) is 29.2 Å². The van der Waals surface area contributed by atoms with E-state index in [-0.39, 0.29) is 11.5 Å². The summed E-state index contributed by atoms with van der Waals surface area (Å²) in [6, 6.07) is 5.71. The Morgan fingerprint density at radius 2 is 2.08 bits per heavy atom. The summed E-state index contributed by atoms with van der Waals surface area (Å²) in [6.45, 7) is 1.66. The minimum atomic E-state index is -0.252. The van der Waals surface area contributed by atoms with Gasteiger partial charge < -0.3 is 14.9 Å². The fraction of sp³-hybridized carbons (Fsp3) is 0.278. The number of carbonyl (C=O) groups excluding carboxylic acids is 1. The van der Waals surface area contributed by atoms with Gasteiger partial charge in [0.2, 0.25) is 0 Å². The zero-order valence-corrected chi connectivity index (χ0v) is 14.6. The van der Waals surface area contributed by atoms with E-state index in [2.05, 4.69) is 36.6 Å². The van der Waals surface area contributed by atoms with Gasteiger partial charge in [-0.2, -0.15) is 0 Å². The largest absolute Gasteiger partial charge is 0.506 e. The molecule has 0 aliphatic heterocycles. The van der Waals surface area contributed by atoms with Crippen LogP contribution >= 0.6 is 0 Å². The molecule has 2 N–H and O–H groups in total. The molecule has 1 aliphatic rings. The lowest BCUT2D eigenvalue weighted by Gasteiger charge is -2.23. The van der Waals surface area contributed by atoms with Crippen molar-refractivity contribution < 1.29 is 14.4 Å². The van der Waals surface area contributed by atoms with Crippen molar-refractivity contribution in [2.45, 2.75) is 0 Å². The van der Waals surface area contributed by atoms with Gasteiger partial charge in [0, 0.05) is 12.3 Å². The molecule has 0 spiro atoms. The van der Waals surface area contributed by atoms with Crippen LogP contribution in [0.15, 0.2) is 53.4 Å². The van der Waals surface area contributed by atoms with Crippen LogP contribution < -0.4 is 5.32 Å². The van der Waals surface area contributed by atoms with Crippen LogP contribution in [0.4, 0.5) is 11.5 Å². The van der Waals surface area contributed by atoms with Crippen LogP contribution in [0.1, 0.15) is 0 Å². The summed E-state index contributed by atoms with van der Waals surface area (Å²) in [5.41, 5.74) is 1.80. The first-order valence-electron chi connectivity index (χ1n) is 8.07. The van der Waals surface area contributed by atoms with Gasteiger partial charge in [-0.3, -0.25) is 4.79 Å². The third kappa shape index (κ3) is 3.95. The standard InChI is InChI=1S/C18H21N5O2/c1-23(2,3)11-9-19-18-17(15-6-4-5-10-22(15)21-18)20-14-8-7-13(24)12-16(14)25/h4-8,10,12H,9,11H2,1-3H3,(H-,19,21,24,25)/p+1/b20-14+. The van der Waals surface area contributed by atoms with E-state index in [1.807, 2.05) is 24.4 Å². The number of hydrogen-bond acceptors (Lipinski definition) is 5. The Labute approximate surface area is 146 Å². The summed E-state index contributed by atoms with van der Waals surface area (Å²) in [4.78, 5) is 15.9. The minimum Gasteiger partial charge on any atom is -0.506 e. The van der Waals surface area contributed by atoms with E-state index in [4.69, 9.17) is 0 Å². The molecular weight excluding hydrogens is 318 g/mol. The van der Waals surface area contributed by atoms with Crippen LogP contribution in [0.3, 0.4) is 0 Å². The highest BCUT2D eigenvalue weighted by atomic mass is 16.3. The van der Waals surface area contributed by atoms with Gasteiger partial charge in [0.1, 0.15) is 17.2 Å². The molecule has 0 amide bonds. The Morgan fingerprint density at radius 3 is 2.80 bits per heavy atom. The first kappa shape index (κ1) is 16.9. The predicted molar refractivity (Wildman–Crippen MR) is 98.5 cm³/mol. The van der Waals surface area contributed by atoms with Crippen molar-refractivity contribution in [3.63, 3.8) is 0 Å². The molecule has 0 unspecified atom stereocenters. The maximum absolute atomic E-state index is 11.3. The molecule has 0 fully saturated rings. The molecule has 2 aromatic heterocycles. The van der Waals surface area contributed by atoms with Gasteiger partial charge in [0.15, 0.2) is 11.6 Å². The summed E-state index contributed by atoms with van der Waals surface area (Å²) in [6.07, 6.45) is 5.91. The predicted octanol–water partition coefficient (Wildman–Crippen LogP) is 2.11. The van der Waals surface area contributed by atoms with Gasteiger partial charge >= 0.3 is 0 Å². The number of allylic oxidation sites excluding steroid dienone is 3. The number of rotatable bonds is 5. The summed E-state index contributed by atoms with van der Waals surface area (Å²) in [5, 5.41) is 17.9. The average molecular weight is 340 g/mol. The van der Waals surface area contributed by atoms with Crippen molar-refractivity contribution >= 4 is 28.5 Å². The number of anilines is 1. The molecule has 0 aromatic carbocycles. The van der Waals surface area contributed by atoms with Crippen molar-refractivity contribution in [2.75, 3.05) is 39.5 Å². The molecule has 25 heavy (non-hydrogen) atoms. The molecule has 1 aliphatic carbocycles. The van der Waals surface area contributed by atoms with Crippen molar-refractivity contribution in [3.8, 4) is 0 Å². The van der Waals surface area contributed by atoms with E-state index in [1.165, 1.54) is 12.2 Å². The quantitative estimate of drug-likeness (QED) is 0.645. The van der Waals surface area contributed by atoms with Gasteiger partial charge in [0.25, 0.3) is 0 Å². The lowest BCUT2D eigenvalue weighted by Crippen LogP contribution is -2.38. The number of fused-ring (bicyclic) bond motifs is 1. The van der Waals surface area contributed by atoms with Crippen LogP contribution in [-0.4, -0.2) is 64.9 Å². The van der Waals surface area contributed by atoms with E-state index in [1.54, 1.807) is 4.52 Å². The highest BCUT2D eigenvalue weighted by Gasteiger charge is 2.16. The topological polar surface area (TPSA) is 79.0 Å². The summed E-state index contributed by atoms with van der Waals surface area (Å²) < 4.78 is 2.57. The Morgan fingerprint density at radius 1 is 1.28 bits per heavy atom. The molecule has 0 bridgehead atoms. The number of aliphatic hydroxyl groups is 1. The molecular formula is C18H22N5O2+. The first-order valence-corrected chi connectivity index (χ1v) is 8.07. The number of aromatic nitrogens is 2. The van der Waals surface area contributed by atoms with E-state index in [0.29, 0.717) is 17.2 Å². The second kappa shape index (κ2) is 6.52. The second-order valence-electron chi connectivity index (χ2n) is 6.93. The smallest absolute Gasteiger partial charge is 0.182 e. The number of nitrogens with one attached hydrogen (secondary N) is 1. The minimum absolute atomic E-state index is 0.139. The van der Waals surface area contributed by atoms with Crippen molar-refractivity contribution in [3.05, 3.63) is 48.4 Å². The number of quaternary nitrogens is 1. The lowest BCUT2D eigenvalue weighted by atomic mass is 10.1. The van der Waals surface area contributed by atoms with Gasteiger partial charge in [-0.15, -0.1) is 5.10 Å². The Hall–Kier alpha value is -2.93. The summed E-state index contributed by atoms with van der Waals surface area (Å²) in [7, 11) is 6.37. The van der Waals surface area contributed by atoms with Gasteiger partial charge in [0.05, 0.1) is 39.7 Å². The van der Waals surface area contributed by atoms with E-state index in [9.17, 15) is 9.90 Å². The maximum Gasteiger partial charge on any atom is 0.182 e. The number of carbonyl (C=O) groups is 1. The van der Waals surface area contributed by atoms with Crippen molar-refractivity contribution in [2.24, 2.45) is 4.99 Å². The number of likely N-dealkylation sites (N-methyl/N-ethyl adjacent to an activating group) is 1. The third-order valence-corrected chi connectivity index (χ3v) is 3.77. The molecule has 0 atom stereocenters. The first-order chi connectivity index (χ1) is 11.8.